The van der Waals surface area contributed by atoms with Gasteiger partial charge in [0.25, 0.3) is 0 Å². The molecule has 136 valence electrons. The van der Waals surface area contributed by atoms with Crippen molar-refractivity contribution in [1.82, 2.24) is 10.7 Å². The van der Waals surface area contributed by atoms with Crippen molar-refractivity contribution >= 4 is 29.5 Å². The Morgan fingerprint density at radius 3 is 2.92 bits per heavy atom. The van der Waals surface area contributed by atoms with Gasteiger partial charge in [-0.05, 0) is 18.3 Å². The maximum atomic E-state index is 11.7. The Morgan fingerprint density at radius 1 is 1.40 bits per heavy atom. The van der Waals surface area contributed by atoms with Crippen LogP contribution in [0.5, 0.6) is 0 Å². The SMILES string of the molecule is COC(=O)c1ccccc1/C=N\NC(=S)NCCC[NH+]1CCOCC1. The molecule has 0 atom stereocenters. The second kappa shape index (κ2) is 10.8. The Morgan fingerprint density at radius 2 is 2.16 bits per heavy atom. The largest absolute Gasteiger partial charge is 0.465 e. The van der Waals surface area contributed by atoms with Crippen LogP contribution in [0.3, 0.4) is 0 Å². The summed E-state index contributed by atoms with van der Waals surface area (Å²) in [6.45, 7) is 5.76. The molecule has 0 saturated carbocycles. The van der Waals surface area contributed by atoms with Crippen LogP contribution in [0.4, 0.5) is 0 Å². The number of carbonyl (C=O) groups is 1. The Balaban J connectivity index is 1.69. The van der Waals surface area contributed by atoms with E-state index in [0.717, 1.165) is 45.8 Å². The predicted octanol–water partition coefficient (Wildman–Crippen LogP) is -0.424. The molecule has 0 bridgehead atoms. The van der Waals surface area contributed by atoms with Gasteiger partial charge in [-0.15, -0.1) is 0 Å². The molecule has 3 N–H and O–H groups in total. The number of rotatable bonds is 7. The van der Waals surface area contributed by atoms with Crippen LogP contribution in [-0.2, 0) is 9.47 Å². The molecule has 25 heavy (non-hydrogen) atoms. The third-order valence-corrected chi connectivity index (χ3v) is 4.16. The van der Waals surface area contributed by atoms with Gasteiger partial charge < -0.3 is 19.7 Å². The predicted molar refractivity (Wildman–Crippen MR) is 100 cm³/mol. The van der Waals surface area contributed by atoms with E-state index in [9.17, 15) is 4.79 Å². The molecule has 1 heterocycles. The molecule has 0 unspecified atom stereocenters. The summed E-state index contributed by atoms with van der Waals surface area (Å²) >= 11 is 5.19. The molecule has 0 amide bonds. The molecule has 1 aliphatic rings. The molecular formula is C17H25N4O3S+. The fourth-order valence-corrected chi connectivity index (χ4v) is 2.71. The topological polar surface area (TPSA) is 76.4 Å². The third kappa shape index (κ3) is 6.77. The van der Waals surface area contributed by atoms with Gasteiger partial charge in [0, 0.05) is 18.5 Å². The Labute approximate surface area is 153 Å². The van der Waals surface area contributed by atoms with Gasteiger partial charge in [-0.25, -0.2) is 4.79 Å². The minimum Gasteiger partial charge on any atom is -0.465 e. The molecule has 1 saturated heterocycles. The second-order valence-corrected chi connectivity index (χ2v) is 6.08. The van der Waals surface area contributed by atoms with E-state index in [4.69, 9.17) is 21.7 Å². The van der Waals surface area contributed by atoms with Crippen LogP contribution in [0.25, 0.3) is 0 Å². The van der Waals surface area contributed by atoms with Gasteiger partial charge in [-0.1, -0.05) is 18.2 Å². The van der Waals surface area contributed by atoms with Crippen LogP contribution < -0.4 is 15.6 Å². The number of ether oxygens (including phenoxy) is 2. The average molecular weight is 365 g/mol. The van der Waals surface area contributed by atoms with Crippen molar-refractivity contribution in [1.29, 1.82) is 0 Å². The van der Waals surface area contributed by atoms with Crippen LogP contribution in [0.1, 0.15) is 22.3 Å². The molecule has 8 heteroatoms. The van der Waals surface area contributed by atoms with Gasteiger partial charge >= 0.3 is 5.97 Å². The first-order valence-electron chi connectivity index (χ1n) is 8.36. The molecule has 2 rings (SSSR count). The normalized spacial score (nSPS) is 15.1. The van der Waals surface area contributed by atoms with Crippen molar-refractivity contribution in [3.63, 3.8) is 0 Å². The van der Waals surface area contributed by atoms with Gasteiger partial charge in [0.05, 0.1) is 38.6 Å². The van der Waals surface area contributed by atoms with Crippen LogP contribution >= 0.6 is 12.2 Å². The summed E-state index contributed by atoms with van der Waals surface area (Å²) in [6.07, 6.45) is 2.59. The minimum atomic E-state index is -0.395. The number of nitrogens with zero attached hydrogens (tertiary/aromatic N) is 1. The monoisotopic (exact) mass is 365 g/mol. The lowest BCUT2D eigenvalue weighted by atomic mass is 10.1. The van der Waals surface area contributed by atoms with E-state index in [0.29, 0.717) is 16.2 Å². The summed E-state index contributed by atoms with van der Waals surface area (Å²) in [4.78, 5) is 13.3. The first-order valence-corrected chi connectivity index (χ1v) is 8.77. The number of hydrogen-bond donors (Lipinski definition) is 3. The van der Waals surface area contributed by atoms with Crippen LogP contribution in [0.15, 0.2) is 29.4 Å². The van der Waals surface area contributed by atoms with Gasteiger partial charge in [0.2, 0.25) is 0 Å². The van der Waals surface area contributed by atoms with E-state index in [1.165, 1.54) is 7.11 Å². The minimum absolute atomic E-state index is 0.395. The highest BCUT2D eigenvalue weighted by molar-refractivity contribution is 7.80. The molecule has 1 aromatic carbocycles. The van der Waals surface area contributed by atoms with Gasteiger partial charge in [-0.2, -0.15) is 5.10 Å². The fourth-order valence-electron chi connectivity index (χ4n) is 2.56. The van der Waals surface area contributed by atoms with Crippen molar-refractivity contribution in [3.8, 4) is 0 Å². The summed E-state index contributed by atoms with van der Waals surface area (Å²) in [5.74, 6) is -0.395. The first kappa shape index (κ1) is 19.3. The zero-order valence-electron chi connectivity index (χ0n) is 14.4. The Bertz CT molecular complexity index is 603. The number of nitrogens with one attached hydrogen (secondary N) is 3. The average Bonchev–Trinajstić information content (AvgIpc) is 2.66. The number of hydrazone groups is 1. The van der Waals surface area contributed by atoms with Crippen molar-refractivity contribution in [2.24, 2.45) is 5.10 Å². The zero-order valence-corrected chi connectivity index (χ0v) is 15.2. The number of morpholine rings is 1. The molecular weight excluding hydrogens is 340 g/mol. The summed E-state index contributed by atoms with van der Waals surface area (Å²) < 4.78 is 10.1. The number of methoxy groups -OCH3 is 1. The molecule has 1 aromatic rings. The number of carbonyl (C=O) groups excluding carboxylic acids is 1. The van der Waals surface area contributed by atoms with E-state index in [1.54, 1.807) is 29.3 Å². The third-order valence-electron chi connectivity index (χ3n) is 3.93. The van der Waals surface area contributed by atoms with Gasteiger partial charge in [-0.3, -0.25) is 5.43 Å². The number of benzene rings is 1. The number of thiocarbonyl (C=S) groups is 1. The first-order chi connectivity index (χ1) is 12.2. The number of quaternary nitrogens is 1. The van der Waals surface area contributed by atoms with Crippen molar-refractivity contribution in [2.75, 3.05) is 46.5 Å². The van der Waals surface area contributed by atoms with Crippen molar-refractivity contribution < 1.29 is 19.2 Å². The number of hydrogen-bond acceptors (Lipinski definition) is 5. The van der Waals surface area contributed by atoms with E-state index in [-0.39, 0.29) is 0 Å². The van der Waals surface area contributed by atoms with Crippen LogP contribution in [0, 0.1) is 0 Å². The van der Waals surface area contributed by atoms with Crippen LogP contribution in [-0.4, -0.2) is 63.8 Å². The molecule has 0 aromatic heterocycles. The fraction of sp³-hybridized carbons (Fsp3) is 0.471. The lowest BCUT2D eigenvalue weighted by molar-refractivity contribution is -0.908. The Kier molecular flexibility index (Phi) is 8.30. The summed E-state index contributed by atoms with van der Waals surface area (Å²) in [7, 11) is 1.35. The highest BCUT2D eigenvalue weighted by Crippen LogP contribution is 2.07. The highest BCUT2D eigenvalue weighted by Gasteiger charge is 2.12. The van der Waals surface area contributed by atoms with Crippen molar-refractivity contribution in [3.05, 3.63) is 35.4 Å². The Hall–Kier alpha value is -2.03. The maximum absolute atomic E-state index is 11.7. The number of esters is 1. The smallest absolute Gasteiger partial charge is 0.338 e. The molecule has 0 aliphatic carbocycles. The summed E-state index contributed by atoms with van der Waals surface area (Å²) in [5, 5.41) is 7.67. The zero-order chi connectivity index (χ0) is 17.9. The van der Waals surface area contributed by atoms with Gasteiger partial charge in [0.15, 0.2) is 5.11 Å². The highest BCUT2D eigenvalue weighted by atomic mass is 32.1. The van der Waals surface area contributed by atoms with E-state index in [1.807, 2.05) is 6.07 Å². The van der Waals surface area contributed by atoms with Crippen LogP contribution in [0.2, 0.25) is 0 Å². The summed E-state index contributed by atoms with van der Waals surface area (Å²) in [6, 6.07) is 7.09. The standard InChI is InChI=1S/C17H24N4O3S/c1-23-16(22)15-6-3-2-5-14(15)13-19-20-17(25)18-7-4-8-21-9-11-24-12-10-21/h2-3,5-6,13H,4,7-12H2,1H3,(H2,18,20,25)/p+1/b19-13-. The van der Waals surface area contributed by atoms with Crippen molar-refractivity contribution in [2.45, 2.75) is 6.42 Å². The molecule has 0 spiro atoms. The quantitative estimate of drug-likeness (QED) is 0.200. The second-order valence-electron chi connectivity index (χ2n) is 5.67. The van der Waals surface area contributed by atoms with Gasteiger partial charge in [0.1, 0.15) is 13.1 Å². The lowest BCUT2D eigenvalue weighted by Gasteiger charge is -2.23. The molecule has 1 fully saturated rings. The molecule has 0 radical (unpaired) electrons. The molecule has 7 nitrogen and oxygen atoms in total. The maximum Gasteiger partial charge on any atom is 0.338 e. The summed E-state index contributed by atoms with van der Waals surface area (Å²) in [5.41, 5.74) is 3.89. The van der Waals surface area contributed by atoms with E-state index < -0.39 is 5.97 Å². The van der Waals surface area contributed by atoms with E-state index in [2.05, 4.69) is 15.8 Å². The molecule has 1 aliphatic heterocycles. The lowest BCUT2D eigenvalue weighted by Crippen LogP contribution is -3.14. The van der Waals surface area contributed by atoms with E-state index >= 15 is 0 Å².